The van der Waals surface area contributed by atoms with Gasteiger partial charge in [-0.1, -0.05) is 6.07 Å². The quantitative estimate of drug-likeness (QED) is 0.589. The Morgan fingerprint density at radius 1 is 1.36 bits per heavy atom. The maximum absolute atomic E-state index is 12.3. The fraction of sp³-hybridized carbons (Fsp3) is 0.500. The summed E-state index contributed by atoms with van der Waals surface area (Å²) in [5, 5.41) is 2.71. The van der Waals surface area contributed by atoms with Crippen LogP contribution in [0.1, 0.15) is 24.2 Å². The van der Waals surface area contributed by atoms with Crippen molar-refractivity contribution in [2.45, 2.75) is 20.0 Å². The molecule has 1 amide bonds. The average molecular weight is 308 g/mol. The number of rotatable bonds is 6. The Morgan fingerprint density at radius 3 is 2.68 bits per heavy atom. The molecule has 0 saturated carbocycles. The van der Waals surface area contributed by atoms with Crippen LogP contribution in [0.4, 0.5) is 0 Å². The Bertz CT molecular complexity index is 513. The van der Waals surface area contributed by atoms with Gasteiger partial charge in [0.05, 0.1) is 40.4 Å². The minimum atomic E-state index is -0.268. The van der Waals surface area contributed by atoms with Gasteiger partial charge in [0.25, 0.3) is 11.9 Å². The molecular weight excluding hydrogens is 282 g/mol. The number of quaternary nitrogens is 1. The highest BCUT2D eigenvalue weighted by Gasteiger charge is 2.12. The maximum atomic E-state index is 12.3. The van der Waals surface area contributed by atoms with E-state index in [1.165, 1.54) is 4.90 Å². The van der Waals surface area contributed by atoms with Gasteiger partial charge in [0.15, 0.2) is 0 Å². The highest BCUT2D eigenvalue weighted by atomic mass is 16.5. The molecule has 0 aromatic heterocycles. The number of aliphatic imine (C=N–C) groups is 1. The Hall–Kier alpha value is -2.08. The smallest absolute Gasteiger partial charge is 0.292 e. The lowest BCUT2D eigenvalue weighted by atomic mass is 10.2. The highest BCUT2D eigenvalue weighted by Crippen LogP contribution is 2.12. The predicted molar refractivity (Wildman–Crippen MR) is 86.7 cm³/mol. The summed E-state index contributed by atoms with van der Waals surface area (Å²) in [6.07, 6.45) is -0.0592. The van der Waals surface area contributed by atoms with Crippen LogP contribution in [0, 0.1) is 0 Å². The number of amidine groups is 1. The third-order valence-electron chi connectivity index (χ3n) is 2.77. The standard InChI is InChI=1S/C16H25N3O3/c1-12(2)22-16(17-9-10-19(3)4)18-15(20)13-7-6-8-14(11-13)21-5/h6-8,11-12H,9-10H2,1-5H3,(H,17,18,20)/p+1. The van der Waals surface area contributed by atoms with E-state index in [1.807, 2.05) is 27.9 Å². The van der Waals surface area contributed by atoms with Crippen molar-refractivity contribution in [3.63, 3.8) is 0 Å². The third kappa shape index (κ3) is 6.58. The molecule has 2 N–H and O–H groups in total. The topological polar surface area (TPSA) is 64.4 Å². The number of carbonyl (C=O) groups is 1. The van der Waals surface area contributed by atoms with Crippen molar-refractivity contribution in [2.24, 2.45) is 4.99 Å². The SMILES string of the molecule is COc1cccc(C(=O)NC(=NCC[NH+](C)C)OC(C)C)c1. The Kier molecular flexibility index (Phi) is 7.39. The molecular formula is C16H26N3O3+. The molecule has 6 nitrogen and oxygen atoms in total. The van der Waals surface area contributed by atoms with Crippen molar-refractivity contribution in [3.05, 3.63) is 29.8 Å². The second kappa shape index (κ2) is 9.04. The van der Waals surface area contributed by atoms with Crippen LogP contribution >= 0.6 is 0 Å². The second-order valence-electron chi connectivity index (χ2n) is 5.50. The van der Waals surface area contributed by atoms with Crippen molar-refractivity contribution in [1.29, 1.82) is 0 Å². The molecule has 0 spiro atoms. The van der Waals surface area contributed by atoms with E-state index >= 15 is 0 Å². The van der Waals surface area contributed by atoms with E-state index < -0.39 is 0 Å². The van der Waals surface area contributed by atoms with Gasteiger partial charge < -0.3 is 14.4 Å². The predicted octanol–water partition coefficient (Wildman–Crippen LogP) is 0.351. The monoisotopic (exact) mass is 308 g/mol. The van der Waals surface area contributed by atoms with Gasteiger partial charge >= 0.3 is 0 Å². The van der Waals surface area contributed by atoms with Crippen LogP contribution in [-0.2, 0) is 4.74 Å². The molecule has 0 aliphatic carbocycles. The number of likely N-dealkylation sites (N-methyl/N-ethyl adjacent to an activating group) is 1. The van der Waals surface area contributed by atoms with Crippen LogP contribution in [0.2, 0.25) is 0 Å². The van der Waals surface area contributed by atoms with Crippen molar-refractivity contribution in [3.8, 4) is 5.75 Å². The first-order chi connectivity index (χ1) is 10.4. The largest absolute Gasteiger partial charge is 0.497 e. The van der Waals surface area contributed by atoms with Crippen molar-refractivity contribution in [2.75, 3.05) is 34.3 Å². The first-order valence-corrected chi connectivity index (χ1v) is 7.38. The summed E-state index contributed by atoms with van der Waals surface area (Å²) in [4.78, 5) is 17.9. The zero-order valence-electron chi connectivity index (χ0n) is 14.0. The van der Waals surface area contributed by atoms with E-state index in [0.29, 0.717) is 17.9 Å². The molecule has 1 rings (SSSR count). The van der Waals surface area contributed by atoms with Gasteiger partial charge in [-0.05, 0) is 32.0 Å². The Labute approximate surface area is 132 Å². The van der Waals surface area contributed by atoms with Gasteiger partial charge in [0.2, 0.25) is 0 Å². The summed E-state index contributed by atoms with van der Waals surface area (Å²) in [5.41, 5.74) is 0.498. The number of ether oxygens (including phenoxy) is 2. The second-order valence-corrected chi connectivity index (χ2v) is 5.50. The molecule has 122 valence electrons. The van der Waals surface area contributed by atoms with E-state index in [2.05, 4.69) is 10.3 Å². The number of methoxy groups -OCH3 is 1. The summed E-state index contributed by atoms with van der Waals surface area (Å²) in [6.45, 7) is 5.23. The molecule has 0 heterocycles. The van der Waals surface area contributed by atoms with E-state index in [1.54, 1.807) is 31.4 Å². The van der Waals surface area contributed by atoms with Gasteiger partial charge in [0.1, 0.15) is 5.75 Å². The molecule has 22 heavy (non-hydrogen) atoms. The zero-order chi connectivity index (χ0) is 16.5. The summed E-state index contributed by atoms with van der Waals surface area (Å²) in [6, 6.07) is 7.20. The summed E-state index contributed by atoms with van der Waals surface area (Å²) < 4.78 is 10.7. The zero-order valence-corrected chi connectivity index (χ0v) is 14.0. The number of hydrogen-bond acceptors (Lipinski definition) is 4. The molecule has 0 unspecified atom stereocenters. The van der Waals surface area contributed by atoms with Crippen LogP contribution in [-0.4, -0.2) is 52.3 Å². The Balaban J connectivity index is 2.76. The Morgan fingerprint density at radius 2 is 2.09 bits per heavy atom. The average Bonchev–Trinajstić information content (AvgIpc) is 2.46. The molecule has 0 aliphatic rings. The van der Waals surface area contributed by atoms with Gasteiger partial charge in [-0.2, -0.15) is 0 Å². The van der Waals surface area contributed by atoms with Crippen LogP contribution < -0.4 is 15.0 Å². The minimum absolute atomic E-state index is 0.0592. The van der Waals surface area contributed by atoms with Crippen LogP contribution in [0.15, 0.2) is 29.3 Å². The molecule has 0 radical (unpaired) electrons. The number of nitrogens with zero attached hydrogens (tertiary/aromatic N) is 1. The normalized spacial score (nSPS) is 11.7. The van der Waals surface area contributed by atoms with Gasteiger partial charge in [-0.25, -0.2) is 4.99 Å². The van der Waals surface area contributed by atoms with Crippen LogP contribution in [0.3, 0.4) is 0 Å². The summed E-state index contributed by atoms with van der Waals surface area (Å²) in [7, 11) is 5.66. The molecule has 0 saturated heterocycles. The van der Waals surface area contributed by atoms with Gasteiger partial charge in [0, 0.05) is 5.56 Å². The lowest BCUT2D eigenvalue weighted by Crippen LogP contribution is -3.06. The van der Waals surface area contributed by atoms with Crippen LogP contribution in [0.5, 0.6) is 5.75 Å². The lowest BCUT2D eigenvalue weighted by Gasteiger charge is -2.14. The molecule has 0 fully saturated rings. The van der Waals surface area contributed by atoms with Crippen molar-refractivity contribution in [1.82, 2.24) is 5.32 Å². The number of hydrogen-bond donors (Lipinski definition) is 2. The van der Waals surface area contributed by atoms with Crippen molar-refractivity contribution >= 4 is 11.9 Å². The summed E-state index contributed by atoms with van der Waals surface area (Å²) in [5.74, 6) is 0.364. The molecule has 1 aromatic rings. The molecule has 0 bridgehead atoms. The first-order valence-electron chi connectivity index (χ1n) is 7.38. The third-order valence-corrected chi connectivity index (χ3v) is 2.77. The lowest BCUT2D eigenvalue weighted by molar-refractivity contribution is -0.856. The van der Waals surface area contributed by atoms with E-state index in [9.17, 15) is 4.79 Å². The number of nitrogens with one attached hydrogen (secondary N) is 2. The fourth-order valence-electron chi connectivity index (χ4n) is 1.64. The molecule has 1 aromatic carbocycles. The number of amides is 1. The van der Waals surface area contributed by atoms with E-state index in [4.69, 9.17) is 9.47 Å². The van der Waals surface area contributed by atoms with E-state index in [-0.39, 0.29) is 18.0 Å². The fourth-order valence-corrected chi connectivity index (χ4v) is 1.64. The highest BCUT2D eigenvalue weighted by molar-refractivity contribution is 6.04. The van der Waals surface area contributed by atoms with E-state index in [0.717, 1.165) is 6.54 Å². The molecule has 0 aliphatic heterocycles. The minimum Gasteiger partial charge on any atom is -0.497 e. The van der Waals surface area contributed by atoms with Crippen LogP contribution in [0.25, 0.3) is 0 Å². The van der Waals surface area contributed by atoms with Crippen molar-refractivity contribution < 1.29 is 19.2 Å². The number of benzene rings is 1. The number of carbonyl (C=O) groups excluding carboxylic acids is 1. The first kappa shape index (κ1) is 18.0. The molecule has 6 heteroatoms. The summed E-state index contributed by atoms with van der Waals surface area (Å²) >= 11 is 0. The molecule has 0 atom stereocenters. The van der Waals surface area contributed by atoms with Gasteiger partial charge in [-0.3, -0.25) is 10.1 Å². The maximum Gasteiger partial charge on any atom is 0.292 e. The van der Waals surface area contributed by atoms with Gasteiger partial charge in [-0.15, -0.1) is 0 Å².